The van der Waals surface area contributed by atoms with E-state index >= 15 is 0 Å². The Morgan fingerprint density at radius 3 is 2.72 bits per heavy atom. The van der Waals surface area contributed by atoms with E-state index in [4.69, 9.17) is 4.42 Å². The smallest absolute Gasteiger partial charge is 0.169 e. The van der Waals surface area contributed by atoms with Gasteiger partial charge in [-0.15, -0.1) is 0 Å². The predicted octanol–water partition coefficient (Wildman–Crippen LogP) is 4.17. The molecule has 18 heavy (non-hydrogen) atoms. The van der Waals surface area contributed by atoms with Crippen molar-refractivity contribution >= 4 is 15.9 Å². The average molecular weight is 316 g/mol. The maximum absolute atomic E-state index is 13.4. The van der Waals surface area contributed by atoms with Crippen LogP contribution in [-0.4, -0.2) is 0 Å². The second kappa shape index (κ2) is 5.63. The lowest BCUT2D eigenvalue weighted by Gasteiger charge is -2.11. The molecule has 0 saturated carbocycles. The molecule has 0 saturated heterocycles. The van der Waals surface area contributed by atoms with Crippen LogP contribution in [0.4, 0.5) is 8.78 Å². The first-order valence-corrected chi connectivity index (χ1v) is 6.28. The van der Waals surface area contributed by atoms with Gasteiger partial charge in [0.05, 0.1) is 6.04 Å². The molecule has 1 aromatic heterocycles. The molecule has 0 fully saturated rings. The lowest BCUT2D eigenvalue weighted by molar-refractivity contribution is 0.415. The summed E-state index contributed by atoms with van der Waals surface area (Å²) in [5, 5.41) is 3.08. The monoisotopic (exact) mass is 315 g/mol. The molecule has 0 amide bonds. The van der Waals surface area contributed by atoms with Crippen LogP contribution < -0.4 is 5.32 Å². The lowest BCUT2D eigenvalue weighted by Crippen LogP contribution is -2.18. The number of furan rings is 1. The van der Waals surface area contributed by atoms with Gasteiger partial charge in [0, 0.05) is 12.1 Å². The van der Waals surface area contributed by atoms with Gasteiger partial charge in [-0.25, -0.2) is 8.78 Å². The third-order valence-corrected chi connectivity index (χ3v) is 3.05. The van der Waals surface area contributed by atoms with Gasteiger partial charge in [-0.1, -0.05) is 0 Å². The number of hydrogen-bond acceptors (Lipinski definition) is 2. The van der Waals surface area contributed by atoms with Crippen LogP contribution in [0.1, 0.15) is 24.3 Å². The van der Waals surface area contributed by atoms with Crippen molar-refractivity contribution in [2.24, 2.45) is 0 Å². The van der Waals surface area contributed by atoms with Crippen LogP contribution in [0.15, 0.2) is 39.4 Å². The summed E-state index contributed by atoms with van der Waals surface area (Å²) in [6.07, 6.45) is 0. The van der Waals surface area contributed by atoms with Gasteiger partial charge in [-0.2, -0.15) is 0 Å². The summed E-state index contributed by atoms with van der Waals surface area (Å²) in [7, 11) is 0. The van der Waals surface area contributed by atoms with Gasteiger partial charge in [-0.3, -0.25) is 0 Å². The highest BCUT2D eigenvalue weighted by atomic mass is 79.9. The summed E-state index contributed by atoms with van der Waals surface area (Å²) in [4.78, 5) is 0. The Morgan fingerprint density at radius 2 is 2.06 bits per heavy atom. The fraction of sp³-hybridized carbons (Fsp3) is 0.231. The topological polar surface area (TPSA) is 25.2 Å². The quantitative estimate of drug-likeness (QED) is 0.916. The zero-order chi connectivity index (χ0) is 13.1. The van der Waals surface area contributed by atoms with Crippen LogP contribution in [0.2, 0.25) is 0 Å². The summed E-state index contributed by atoms with van der Waals surface area (Å²) < 4.78 is 32.4. The van der Waals surface area contributed by atoms with E-state index in [1.54, 1.807) is 6.07 Å². The minimum atomic E-state index is -0.443. The van der Waals surface area contributed by atoms with Gasteiger partial charge in [0.1, 0.15) is 17.4 Å². The average Bonchev–Trinajstić information content (AvgIpc) is 2.77. The Balaban J connectivity index is 2.01. The molecule has 1 aromatic carbocycles. The number of hydrogen-bond donors (Lipinski definition) is 1. The SMILES string of the molecule is CC(NCc1cc(F)ccc1F)c1ccc(Br)o1. The van der Waals surface area contributed by atoms with Crippen LogP contribution in [0.5, 0.6) is 0 Å². The molecular formula is C13H12BrF2NO. The predicted molar refractivity (Wildman–Crippen MR) is 68.0 cm³/mol. The number of benzene rings is 1. The summed E-state index contributed by atoms with van der Waals surface area (Å²) in [5.41, 5.74) is 0.299. The van der Waals surface area contributed by atoms with E-state index in [0.717, 1.165) is 17.9 Å². The lowest BCUT2D eigenvalue weighted by atomic mass is 10.2. The van der Waals surface area contributed by atoms with E-state index < -0.39 is 11.6 Å². The van der Waals surface area contributed by atoms with Gasteiger partial charge in [0.2, 0.25) is 0 Å². The van der Waals surface area contributed by atoms with Gasteiger partial charge in [0.15, 0.2) is 4.67 Å². The van der Waals surface area contributed by atoms with E-state index in [9.17, 15) is 8.78 Å². The third-order valence-electron chi connectivity index (χ3n) is 2.63. The van der Waals surface area contributed by atoms with Gasteiger partial charge < -0.3 is 9.73 Å². The highest BCUT2D eigenvalue weighted by Crippen LogP contribution is 2.20. The Hall–Kier alpha value is -1.20. The second-order valence-electron chi connectivity index (χ2n) is 3.98. The molecule has 1 unspecified atom stereocenters. The van der Waals surface area contributed by atoms with Crippen molar-refractivity contribution in [1.82, 2.24) is 5.32 Å². The minimum Gasteiger partial charge on any atom is -0.453 e. The highest BCUT2D eigenvalue weighted by Gasteiger charge is 2.11. The molecule has 2 rings (SSSR count). The van der Waals surface area contributed by atoms with Crippen molar-refractivity contribution in [3.8, 4) is 0 Å². The Kier molecular flexibility index (Phi) is 4.14. The Bertz CT molecular complexity index is 542. The molecular weight excluding hydrogens is 304 g/mol. The van der Waals surface area contributed by atoms with Crippen molar-refractivity contribution in [3.05, 3.63) is 58.0 Å². The summed E-state index contributed by atoms with van der Waals surface area (Å²) in [5.74, 6) is -0.128. The zero-order valence-electron chi connectivity index (χ0n) is 9.71. The molecule has 2 aromatic rings. The van der Waals surface area contributed by atoms with Crippen molar-refractivity contribution < 1.29 is 13.2 Å². The molecule has 0 spiro atoms. The fourth-order valence-corrected chi connectivity index (χ4v) is 1.92. The van der Waals surface area contributed by atoms with Gasteiger partial charge in [-0.05, 0) is 53.2 Å². The van der Waals surface area contributed by atoms with E-state index in [1.807, 2.05) is 13.0 Å². The van der Waals surface area contributed by atoms with Crippen LogP contribution >= 0.6 is 15.9 Å². The molecule has 0 radical (unpaired) electrons. The Labute approximate surface area is 112 Å². The molecule has 96 valence electrons. The van der Waals surface area contributed by atoms with Crippen LogP contribution in [0.25, 0.3) is 0 Å². The van der Waals surface area contributed by atoms with Crippen molar-refractivity contribution in [1.29, 1.82) is 0 Å². The Morgan fingerprint density at radius 1 is 1.28 bits per heavy atom. The standard InChI is InChI=1S/C13H12BrF2NO/c1-8(12-4-5-13(14)18-12)17-7-9-6-10(15)2-3-11(9)16/h2-6,8,17H,7H2,1H3. The molecule has 2 nitrogen and oxygen atoms in total. The van der Waals surface area contributed by atoms with Gasteiger partial charge >= 0.3 is 0 Å². The minimum absolute atomic E-state index is 0.0843. The van der Waals surface area contributed by atoms with Gasteiger partial charge in [0.25, 0.3) is 0 Å². The fourth-order valence-electron chi connectivity index (χ4n) is 1.60. The maximum Gasteiger partial charge on any atom is 0.169 e. The van der Waals surface area contributed by atoms with Crippen LogP contribution in [0, 0.1) is 11.6 Å². The number of nitrogens with one attached hydrogen (secondary N) is 1. The van der Waals surface area contributed by atoms with Crippen LogP contribution in [0.3, 0.4) is 0 Å². The molecule has 1 atom stereocenters. The van der Waals surface area contributed by atoms with E-state index in [1.165, 1.54) is 6.07 Å². The number of rotatable bonds is 4. The first kappa shape index (κ1) is 13.2. The largest absolute Gasteiger partial charge is 0.453 e. The second-order valence-corrected chi connectivity index (χ2v) is 4.76. The molecule has 0 aliphatic rings. The van der Waals surface area contributed by atoms with E-state index in [0.29, 0.717) is 10.2 Å². The first-order valence-electron chi connectivity index (χ1n) is 5.49. The molecule has 1 N–H and O–H groups in total. The summed E-state index contributed by atoms with van der Waals surface area (Å²) in [6, 6.07) is 6.94. The highest BCUT2D eigenvalue weighted by molar-refractivity contribution is 9.10. The van der Waals surface area contributed by atoms with Crippen molar-refractivity contribution in [2.75, 3.05) is 0 Å². The third kappa shape index (κ3) is 3.17. The van der Waals surface area contributed by atoms with E-state index in [2.05, 4.69) is 21.2 Å². The molecule has 1 heterocycles. The van der Waals surface area contributed by atoms with Crippen molar-refractivity contribution in [2.45, 2.75) is 19.5 Å². The van der Waals surface area contributed by atoms with E-state index in [-0.39, 0.29) is 12.6 Å². The van der Waals surface area contributed by atoms with Crippen LogP contribution in [-0.2, 0) is 6.54 Å². The summed E-state index contributed by atoms with van der Waals surface area (Å²) in [6.45, 7) is 2.13. The maximum atomic E-state index is 13.4. The first-order chi connectivity index (χ1) is 8.56. The zero-order valence-corrected chi connectivity index (χ0v) is 11.3. The molecule has 0 bridgehead atoms. The summed E-state index contributed by atoms with van der Waals surface area (Å²) >= 11 is 3.21. The molecule has 0 aliphatic heterocycles. The molecule has 0 aliphatic carbocycles. The number of halogens is 3. The van der Waals surface area contributed by atoms with Crippen molar-refractivity contribution in [3.63, 3.8) is 0 Å². The molecule has 5 heteroatoms. The normalized spacial score (nSPS) is 12.7.